The molecule has 0 aliphatic carbocycles. The van der Waals surface area contributed by atoms with Crippen molar-refractivity contribution in [2.45, 2.75) is 192 Å². The number of fused-ring (bicyclic) bond motifs is 6. The van der Waals surface area contributed by atoms with Crippen LogP contribution >= 0.6 is 23.4 Å². The quantitative estimate of drug-likeness (QED) is 0.0138. The number of esters is 2. The summed E-state index contributed by atoms with van der Waals surface area (Å²) in [4.78, 5) is 102. The minimum atomic E-state index is -3.71. The Balaban J connectivity index is 0.000000156. The van der Waals surface area contributed by atoms with Gasteiger partial charge in [-0.25, -0.2) is 34.1 Å². The van der Waals surface area contributed by atoms with Crippen molar-refractivity contribution in [1.82, 2.24) is 49.2 Å². The number of pyridine rings is 3. The molecule has 3 saturated heterocycles. The number of hydrogen-bond acceptors (Lipinski definition) is 33. The number of rotatable bonds is 21. The Labute approximate surface area is 803 Å². The van der Waals surface area contributed by atoms with E-state index in [-0.39, 0.29) is 46.8 Å². The van der Waals surface area contributed by atoms with Gasteiger partial charge in [0.05, 0.1) is 88.7 Å². The minimum Gasteiger partial charge on any atom is -0.507 e. The van der Waals surface area contributed by atoms with Gasteiger partial charge in [0.15, 0.2) is 51.7 Å². The maximum absolute atomic E-state index is 13.7. The summed E-state index contributed by atoms with van der Waals surface area (Å²) in [5.41, 5.74) is 16.3. The second-order valence-corrected chi connectivity index (χ2v) is 36.1. The van der Waals surface area contributed by atoms with Crippen LogP contribution in [-0.4, -0.2) is 243 Å². The highest BCUT2D eigenvalue weighted by atomic mass is 35.5. The Morgan fingerprint density at radius 1 is 0.790 bits per heavy atom. The molecular weight excluding hydrogens is 1830 g/mol. The highest BCUT2D eigenvalue weighted by Gasteiger charge is 2.59. The molecule has 36 nitrogen and oxygen atoms in total. The fraction of sp³-hybridized carbons (Fsp3) is 0.429. The van der Waals surface area contributed by atoms with E-state index in [1.54, 1.807) is 58.1 Å². The van der Waals surface area contributed by atoms with Crippen molar-refractivity contribution in [3.8, 4) is 45.9 Å². The molecule has 17 rings (SSSR count). The molecular formula is C98H116ClF2N13O23S. The van der Waals surface area contributed by atoms with Crippen LogP contribution in [-0.2, 0) is 72.0 Å². The van der Waals surface area contributed by atoms with E-state index in [9.17, 15) is 52.9 Å². The van der Waals surface area contributed by atoms with E-state index in [4.69, 9.17) is 86.1 Å². The van der Waals surface area contributed by atoms with E-state index < -0.39 is 90.5 Å². The summed E-state index contributed by atoms with van der Waals surface area (Å²) < 4.78 is 71.2. The summed E-state index contributed by atoms with van der Waals surface area (Å²) in [6, 6.07) is 30.4. The number of carboxylic acid groups (broad SMARTS) is 1. The molecule has 7 aliphatic rings. The average Bonchev–Trinajstić information content (AvgIpc) is 1.55. The number of aromatic hydroxyl groups is 1. The van der Waals surface area contributed by atoms with Gasteiger partial charge in [0.2, 0.25) is 12.0 Å². The number of piperidine rings is 2. The molecule has 0 saturated carbocycles. The lowest BCUT2D eigenvalue weighted by Crippen LogP contribution is -2.48. The number of nitrogens with zero attached hydrogens (tertiary/aromatic N) is 10. The van der Waals surface area contributed by atoms with Gasteiger partial charge >= 0.3 is 35.6 Å². The van der Waals surface area contributed by atoms with E-state index >= 15 is 0 Å². The van der Waals surface area contributed by atoms with Crippen LogP contribution in [0.3, 0.4) is 0 Å². The van der Waals surface area contributed by atoms with Crippen LogP contribution in [0.15, 0.2) is 141 Å². The van der Waals surface area contributed by atoms with Crippen molar-refractivity contribution >= 4 is 92.2 Å². The molecule has 40 heteroatoms. The molecule has 7 aliphatic heterocycles. The number of likely N-dealkylation sites (tertiary alicyclic amines) is 2. The molecule has 10 aromatic rings. The second kappa shape index (κ2) is 45.2. The number of phenols is 1. The lowest BCUT2D eigenvalue weighted by molar-refractivity contribution is -0.172. The molecule has 138 heavy (non-hydrogen) atoms. The number of cyclic esters (lactones) is 2. The van der Waals surface area contributed by atoms with Gasteiger partial charge in [-0.15, -0.1) is 0 Å². The van der Waals surface area contributed by atoms with Crippen molar-refractivity contribution in [2.75, 3.05) is 97.7 Å². The number of methoxy groups -OCH3 is 4. The molecule has 0 bridgehead atoms. The van der Waals surface area contributed by atoms with Crippen LogP contribution < -0.4 is 51.3 Å². The number of phenolic OH excluding ortho intramolecular Hbond substituents is 1. The van der Waals surface area contributed by atoms with Gasteiger partial charge in [-0.05, 0) is 201 Å². The first-order valence-corrected chi connectivity index (χ1v) is 46.2. The number of aliphatic hydroxyl groups excluding tert-OH is 6. The van der Waals surface area contributed by atoms with Crippen LogP contribution in [0.5, 0.6) is 34.5 Å². The predicted octanol–water partition coefficient (Wildman–Crippen LogP) is 11.8. The van der Waals surface area contributed by atoms with Gasteiger partial charge in [0.1, 0.15) is 52.9 Å². The molecule has 3 fully saturated rings. The average molecular weight is 1950 g/mol. The lowest BCUT2D eigenvalue weighted by Gasteiger charge is -2.39. The Hall–Kier alpha value is -12.9. The fourth-order valence-corrected chi connectivity index (χ4v) is 18.0. The number of benzene rings is 5. The highest BCUT2D eigenvalue weighted by molar-refractivity contribution is 7.99. The van der Waals surface area contributed by atoms with Crippen molar-refractivity contribution in [3.63, 3.8) is 0 Å². The third-order valence-corrected chi connectivity index (χ3v) is 26.0. The number of aliphatic imine (C=N–C) groups is 1. The number of carboxylic acids is 1. The van der Waals surface area contributed by atoms with Crippen LogP contribution in [0.2, 0.25) is 5.15 Å². The van der Waals surface area contributed by atoms with Gasteiger partial charge in [0, 0.05) is 84.6 Å². The molecule has 13 N–H and O–H groups in total. The zero-order valence-electron chi connectivity index (χ0n) is 78.8. The summed E-state index contributed by atoms with van der Waals surface area (Å²) >= 11 is 6.98. The first kappa shape index (κ1) is 104. The summed E-state index contributed by atoms with van der Waals surface area (Å²) in [6.45, 7) is 22.5. The van der Waals surface area contributed by atoms with Crippen LogP contribution in [0.4, 0.5) is 30.9 Å². The SMILES string of the molecule is CCc1c2c(nc3ccc(OC(=O)N4CCC(N5CCCCC5)CC4)cc13)-c1cc3c(c(=O)n1C2)COC(=O)[C@]3(O)CC.COc1ccc(Cc2nccc3cc(OC)c(OC)cc23)cc1OC.Cc1cc(C(C)(C)C)c(O)c(C)c1CC1=NCCN1.Cc1cccc(Nc2cc(Cl)nc(SCC(=O)O)n2)c1C.Nc1ccn([C@@H]2O[C@H](CO)[C@@H](O)C2(F)F)c(=O)n1.O=C1O[C@H]([C@H](O)CO)C(O)=C1O. The number of alkyl halides is 2. The first-order chi connectivity index (χ1) is 65.7. The Bertz CT molecular complexity index is 6370. The summed E-state index contributed by atoms with van der Waals surface area (Å²) in [5.74, 6) is -3.07. The fourth-order valence-electron chi connectivity index (χ4n) is 17.2. The molecule has 5 aromatic heterocycles. The number of nitrogen functional groups attached to an aromatic ring is 1. The third kappa shape index (κ3) is 23.4. The molecule has 1 amide bonds. The third-order valence-electron chi connectivity index (χ3n) is 24.9. The number of aliphatic carboxylic acids is 1. The number of amides is 1. The first-order valence-electron chi connectivity index (χ1n) is 44.9. The van der Waals surface area contributed by atoms with Gasteiger partial charge < -0.3 is 115 Å². The Kier molecular flexibility index (Phi) is 34.1. The highest BCUT2D eigenvalue weighted by Crippen LogP contribution is 2.45. The van der Waals surface area contributed by atoms with Gasteiger partial charge in [-0.3, -0.25) is 24.1 Å². The monoisotopic (exact) mass is 1950 g/mol. The Morgan fingerprint density at radius 3 is 2.12 bits per heavy atom. The number of aromatic nitrogens is 7. The number of aliphatic hydroxyl groups is 7. The summed E-state index contributed by atoms with van der Waals surface area (Å²) in [6.07, 6.45) is 2.07. The van der Waals surface area contributed by atoms with Gasteiger partial charge in [0.25, 0.3) is 5.56 Å². The van der Waals surface area contributed by atoms with Crippen LogP contribution in [0.1, 0.15) is 146 Å². The number of carbonyl (C=O) groups is 4. The second-order valence-electron chi connectivity index (χ2n) is 34.8. The molecule has 0 unspecified atom stereocenters. The smallest absolute Gasteiger partial charge is 0.415 e. The number of aryl methyl sites for hydroxylation is 3. The number of thioether (sulfide) groups is 1. The Morgan fingerprint density at radius 2 is 1.49 bits per heavy atom. The van der Waals surface area contributed by atoms with Gasteiger partial charge in [-0.2, -0.15) is 13.8 Å². The number of carbonyl (C=O) groups excluding carboxylic acids is 3. The van der Waals surface area contributed by atoms with E-state index in [0.29, 0.717) is 111 Å². The number of anilines is 3. The molecule has 5 aromatic carbocycles. The number of halogens is 3. The number of ether oxygens (including phenoxy) is 8. The normalized spacial score (nSPS) is 18.8. The van der Waals surface area contributed by atoms with Crippen LogP contribution in [0, 0.1) is 27.7 Å². The van der Waals surface area contributed by atoms with E-state index in [1.807, 2.05) is 98.6 Å². The molecule has 0 spiro atoms. The number of amidine groups is 1. The van der Waals surface area contributed by atoms with Crippen molar-refractivity contribution < 1.29 is 112 Å². The van der Waals surface area contributed by atoms with Crippen molar-refractivity contribution in [1.29, 1.82) is 0 Å². The summed E-state index contributed by atoms with van der Waals surface area (Å²) in [7, 11) is 6.53. The molecule has 12 heterocycles. The van der Waals surface area contributed by atoms with E-state index in [1.165, 1.54) is 49.0 Å². The largest absolute Gasteiger partial charge is 0.507 e. The maximum Gasteiger partial charge on any atom is 0.415 e. The van der Waals surface area contributed by atoms with E-state index in [2.05, 4.69) is 85.9 Å². The number of nitrogens with two attached hydrogens (primary N) is 1. The number of hydrogen-bond donors (Lipinski definition) is 12. The van der Waals surface area contributed by atoms with Gasteiger partial charge in [-0.1, -0.05) is 88.7 Å². The van der Waals surface area contributed by atoms with Crippen LogP contribution in [0.25, 0.3) is 33.1 Å². The maximum atomic E-state index is 13.7. The standard InChI is InChI=1S/C33H38N4O6.C20H21NO4.C16H24N2O.C14H14ClN3O2S.C9H11F2N3O4.C6H8O6/c1-3-22-23-16-21(43-32(40)36-14-10-20(11-15-36)35-12-6-5-7-13-35)8-9-27(23)34-29-24(22)18-37-28(29)17-26-25(30(37)38)19-42-31(39)33(26,41)4-2;1-22-17-6-5-13(10-18(17)23-2)9-16-15-12-20(25-4)19(24-3)11-14(15)7-8-21-16;1-10-8-13(16(3,4)5)15(19)11(2)12(10)9-14-17-6-7-18-14;1-8-4-3-5-10(9(8)2)16-12-6-11(15)17-14(18-12)21-7-13(19)20;10-9(11)6(16)4(3-15)18-7(9)14-2-1-5(12)13-8(14)17;7-1-2(8)5-3(9)4(10)6(11)12-5/h8-9,16-17,20,41H,3-7,10-15,18-19H2,1-2H3;5-8,10-12H,9H2,1-4H3;8,19H,6-7,9H2,1-5H3,(H,17,18);3-6H,7H2,1-2H3,(H,19,20)(H,16,17,18);1-2,4,6-7,15-16H,3H2,(H2,12,13,17);2,5,7-10H,1H2/t33-;;;;4-,6-,7-;2-,5-/m0...11/s1. The predicted molar refractivity (Wildman–Crippen MR) is 512 cm³/mol. The minimum absolute atomic E-state index is 0.0404. The summed E-state index contributed by atoms with van der Waals surface area (Å²) in [5, 5.41) is 93.5. The van der Waals surface area contributed by atoms with Crippen molar-refractivity contribution in [3.05, 3.63) is 214 Å². The molecule has 0 radical (unpaired) electrons. The number of nitrogens with one attached hydrogen (secondary N) is 2. The lowest BCUT2D eigenvalue weighted by atomic mass is 9.82. The topological polar surface area (TPSA) is 502 Å². The molecule has 6 atom stereocenters. The zero-order valence-corrected chi connectivity index (χ0v) is 80.4. The molecule has 738 valence electrons. The zero-order chi connectivity index (χ0) is 100. The van der Waals surface area contributed by atoms with E-state index in [0.717, 1.165) is 129 Å². The van der Waals surface area contributed by atoms with Crippen molar-refractivity contribution in [2.24, 2.45) is 4.99 Å².